The molecule has 0 aromatic rings. The fourth-order valence-corrected chi connectivity index (χ4v) is 5.81. The van der Waals surface area contributed by atoms with Crippen LogP contribution in [0.4, 0.5) is 0 Å². The molecule has 128 valence electrons. The van der Waals surface area contributed by atoms with Crippen LogP contribution in [0.25, 0.3) is 0 Å². The van der Waals surface area contributed by atoms with Gasteiger partial charge >= 0.3 is 15.5 Å². The van der Waals surface area contributed by atoms with Crippen LogP contribution in [-0.2, 0) is 18.2 Å². The van der Waals surface area contributed by atoms with E-state index in [0.29, 0.717) is 23.7 Å². The van der Waals surface area contributed by atoms with Crippen LogP contribution < -0.4 is 0 Å². The first kappa shape index (κ1) is 21.3. The molecule has 0 aliphatic rings. The van der Waals surface area contributed by atoms with Crippen molar-refractivity contribution in [2.24, 2.45) is 0 Å². The summed E-state index contributed by atoms with van der Waals surface area (Å²) in [6.07, 6.45) is 2.48. The lowest BCUT2D eigenvalue weighted by Gasteiger charge is -2.37. The number of hydrogen-bond donors (Lipinski definition) is 2. The van der Waals surface area contributed by atoms with Crippen LogP contribution in [0.15, 0.2) is 0 Å². The van der Waals surface area contributed by atoms with Gasteiger partial charge in [0.25, 0.3) is 0 Å². The fourth-order valence-electron chi connectivity index (χ4n) is 2.27. The van der Waals surface area contributed by atoms with Crippen LogP contribution in [0.3, 0.4) is 0 Å². The van der Waals surface area contributed by atoms with Gasteiger partial charge in [-0.15, -0.1) is 4.44 Å². The van der Waals surface area contributed by atoms with Crippen LogP contribution in [0, 0.1) is 0 Å². The van der Waals surface area contributed by atoms with E-state index in [2.05, 4.69) is 0 Å². The summed E-state index contributed by atoms with van der Waals surface area (Å²) in [7, 11) is -8.80. The molecule has 0 saturated carbocycles. The Balaban J connectivity index is 5.42. The molecule has 0 aliphatic heterocycles. The lowest BCUT2D eigenvalue weighted by atomic mass is 9.92. The van der Waals surface area contributed by atoms with Gasteiger partial charge in [0, 0.05) is 6.54 Å². The summed E-state index contributed by atoms with van der Waals surface area (Å²) in [6.45, 7) is 8.59. The second-order valence-electron chi connectivity index (χ2n) is 4.82. The molecule has 0 aliphatic carbocycles. The smallest absolute Gasteiger partial charge is 0.312 e. The summed E-state index contributed by atoms with van der Waals surface area (Å²) in [5.41, 5.74) is -0.779. The maximum absolute atomic E-state index is 12.5. The van der Waals surface area contributed by atoms with Crippen LogP contribution in [0.5, 0.6) is 0 Å². The average molecular weight is 345 g/mol. The summed E-state index contributed by atoms with van der Waals surface area (Å²) in [4.78, 5) is 20.0. The maximum Gasteiger partial charge on any atom is 0.415 e. The van der Waals surface area contributed by atoms with Gasteiger partial charge in [0.05, 0.1) is 12.2 Å². The van der Waals surface area contributed by atoms with Crippen LogP contribution >= 0.6 is 15.5 Å². The lowest BCUT2D eigenvalue weighted by Crippen LogP contribution is -2.33. The summed E-state index contributed by atoms with van der Waals surface area (Å²) in [5.74, 6) is 0. The van der Waals surface area contributed by atoms with E-state index >= 15 is 0 Å². The van der Waals surface area contributed by atoms with Crippen molar-refractivity contribution in [2.45, 2.75) is 65.9 Å². The third-order valence-corrected chi connectivity index (χ3v) is 7.78. The average Bonchev–Trinajstić information content (AvgIpc) is 2.37. The first-order chi connectivity index (χ1) is 9.64. The van der Waals surface area contributed by atoms with Gasteiger partial charge in [0.2, 0.25) is 0 Å². The highest BCUT2D eigenvalue weighted by atomic mass is 31.3. The lowest BCUT2D eigenvalue weighted by molar-refractivity contribution is 0.0277. The molecule has 0 fully saturated rings. The standard InChI is InChI=1S/C12H29NO6P2/c1-6-11-12(7-2,8-3)19-21(16,17)13(9-4)20(14,15)18-10-5/h6-11H2,1-5H3,(H,14,15)(H,16,17). The molecule has 0 heterocycles. The Bertz CT molecular complexity index is 399. The minimum absolute atomic E-state index is 0.0358. The summed E-state index contributed by atoms with van der Waals surface area (Å²) in [6, 6.07) is 0. The van der Waals surface area contributed by atoms with Crippen molar-refractivity contribution in [2.75, 3.05) is 13.2 Å². The van der Waals surface area contributed by atoms with Gasteiger partial charge in [-0.25, -0.2) is 9.13 Å². The fraction of sp³-hybridized carbons (Fsp3) is 1.00. The van der Waals surface area contributed by atoms with E-state index in [9.17, 15) is 18.9 Å². The first-order valence-corrected chi connectivity index (χ1v) is 10.5. The molecule has 0 rings (SSSR count). The van der Waals surface area contributed by atoms with E-state index < -0.39 is 21.1 Å². The van der Waals surface area contributed by atoms with E-state index in [0.717, 1.165) is 6.42 Å². The highest BCUT2D eigenvalue weighted by molar-refractivity contribution is 7.66. The Morgan fingerprint density at radius 1 is 1.00 bits per heavy atom. The first-order valence-electron chi connectivity index (χ1n) is 7.44. The maximum atomic E-state index is 12.5. The second kappa shape index (κ2) is 8.78. The zero-order valence-electron chi connectivity index (χ0n) is 13.6. The highest BCUT2D eigenvalue weighted by Gasteiger charge is 2.47. The van der Waals surface area contributed by atoms with Crippen molar-refractivity contribution >= 4 is 15.5 Å². The molecule has 2 atom stereocenters. The molecule has 2 N–H and O–H groups in total. The molecule has 0 bridgehead atoms. The van der Waals surface area contributed by atoms with Gasteiger partial charge < -0.3 is 9.79 Å². The molecular formula is C12H29NO6P2. The summed E-state index contributed by atoms with van der Waals surface area (Å²) < 4.78 is 35.3. The molecular weight excluding hydrogens is 316 g/mol. The van der Waals surface area contributed by atoms with Crippen molar-refractivity contribution < 1.29 is 28.0 Å². The summed E-state index contributed by atoms with van der Waals surface area (Å²) in [5, 5.41) is 0. The number of rotatable bonds is 11. The molecule has 9 heteroatoms. The molecule has 7 nitrogen and oxygen atoms in total. The monoisotopic (exact) mass is 345 g/mol. The normalized spacial score (nSPS) is 18.5. The van der Waals surface area contributed by atoms with Crippen LogP contribution in [-0.4, -0.2) is 33.0 Å². The molecule has 0 aromatic carbocycles. The second-order valence-corrected chi connectivity index (χ2v) is 8.50. The van der Waals surface area contributed by atoms with E-state index in [1.807, 2.05) is 20.8 Å². The molecule has 0 amide bonds. The molecule has 0 radical (unpaired) electrons. The largest absolute Gasteiger partial charge is 0.415 e. The Kier molecular flexibility index (Phi) is 8.89. The molecule has 0 saturated heterocycles. The van der Waals surface area contributed by atoms with Crippen molar-refractivity contribution in [1.29, 1.82) is 0 Å². The Morgan fingerprint density at radius 2 is 1.52 bits per heavy atom. The van der Waals surface area contributed by atoms with Crippen molar-refractivity contribution in [1.82, 2.24) is 4.44 Å². The third-order valence-electron chi connectivity index (χ3n) is 3.47. The van der Waals surface area contributed by atoms with E-state index in [1.54, 1.807) is 6.92 Å². The van der Waals surface area contributed by atoms with E-state index in [-0.39, 0.29) is 13.2 Å². The van der Waals surface area contributed by atoms with Gasteiger partial charge in [-0.1, -0.05) is 34.1 Å². The molecule has 0 spiro atoms. The zero-order chi connectivity index (χ0) is 16.7. The third kappa shape index (κ3) is 5.76. The predicted molar refractivity (Wildman–Crippen MR) is 83.0 cm³/mol. The Morgan fingerprint density at radius 3 is 1.86 bits per heavy atom. The zero-order valence-corrected chi connectivity index (χ0v) is 15.4. The molecule has 21 heavy (non-hydrogen) atoms. The van der Waals surface area contributed by atoms with Gasteiger partial charge in [0.15, 0.2) is 0 Å². The van der Waals surface area contributed by atoms with Gasteiger partial charge in [-0.3, -0.25) is 9.05 Å². The minimum Gasteiger partial charge on any atom is -0.312 e. The number of hydrogen-bond acceptors (Lipinski definition) is 4. The topological polar surface area (TPSA) is 96.3 Å². The van der Waals surface area contributed by atoms with Crippen molar-refractivity contribution in [3.8, 4) is 0 Å². The summed E-state index contributed by atoms with van der Waals surface area (Å²) >= 11 is 0. The van der Waals surface area contributed by atoms with Gasteiger partial charge in [-0.2, -0.15) is 0 Å². The van der Waals surface area contributed by atoms with Gasteiger partial charge in [-0.05, 0) is 26.2 Å². The predicted octanol–water partition coefficient (Wildman–Crippen LogP) is 3.92. The quantitative estimate of drug-likeness (QED) is 0.548. The van der Waals surface area contributed by atoms with Crippen molar-refractivity contribution in [3.05, 3.63) is 0 Å². The molecule has 2 unspecified atom stereocenters. The van der Waals surface area contributed by atoms with Gasteiger partial charge in [0.1, 0.15) is 0 Å². The van der Waals surface area contributed by atoms with Crippen molar-refractivity contribution in [3.63, 3.8) is 0 Å². The number of nitrogens with zero attached hydrogens (tertiary/aromatic N) is 1. The van der Waals surface area contributed by atoms with Crippen LogP contribution in [0.2, 0.25) is 0 Å². The van der Waals surface area contributed by atoms with Crippen LogP contribution in [0.1, 0.15) is 60.3 Å². The van der Waals surface area contributed by atoms with E-state index in [4.69, 9.17) is 9.05 Å². The van der Waals surface area contributed by atoms with E-state index in [1.165, 1.54) is 6.92 Å². The SMILES string of the molecule is CCCC(CC)(CC)OP(=O)(O)N(CC)P(=O)(O)OCC. The minimum atomic E-state index is -4.44. The Hall–Kier alpha value is 0.260. The Labute approximate surface area is 127 Å². The highest BCUT2D eigenvalue weighted by Crippen LogP contribution is 2.65. The molecule has 0 aromatic heterocycles.